The summed E-state index contributed by atoms with van der Waals surface area (Å²) < 4.78 is 6.28. The van der Waals surface area contributed by atoms with Crippen LogP contribution in [0.2, 0.25) is 0 Å². The van der Waals surface area contributed by atoms with Gasteiger partial charge in [0.05, 0.1) is 19.3 Å². The Morgan fingerprint density at radius 3 is 3.12 bits per heavy atom. The molecule has 0 radical (unpaired) electrons. The second kappa shape index (κ2) is 5.57. The minimum atomic E-state index is -0.146. The van der Waals surface area contributed by atoms with E-state index in [1.807, 2.05) is 24.3 Å². The molecule has 1 aliphatic heterocycles. The molecule has 3 nitrogen and oxygen atoms in total. The standard InChI is InChI=1S/C12H14BrNO2/c13-10-3-1-2-9(6-10)7-12(15)11-8-16-5-4-14-11/h1-3,6,11,14H,4-5,7-8H2. The molecule has 1 fully saturated rings. The van der Waals surface area contributed by atoms with E-state index in [0.717, 1.165) is 16.6 Å². The highest BCUT2D eigenvalue weighted by Gasteiger charge is 2.20. The lowest BCUT2D eigenvalue weighted by Crippen LogP contribution is -2.47. The molecule has 1 unspecified atom stereocenters. The highest BCUT2D eigenvalue weighted by Crippen LogP contribution is 2.13. The van der Waals surface area contributed by atoms with Crippen molar-refractivity contribution in [2.24, 2.45) is 0 Å². The number of nitrogens with one attached hydrogen (secondary N) is 1. The van der Waals surface area contributed by atoms with E-state index in [4.69, 9.17) is 4.74 Å². The normalized spacial score (nSPS) is 20.7. The molecule has 1 saturated heterocycles. The van der Waals surface area contributed by atoms with Gasteiger partial charge < -0.3 is 10.1 Å². The van der Waals surface area contributed by atoms with E-state index < -0.39 is 0 Å². The van der Waals surface area contributed by atoms with Crippen molar-refractivity contribution < 1.29 is 9.53 Å². The van der Waals surface area contributed by atoms with Crippen molar-refractivity contribution in [2.75, 3.05) is 19.8 Å². The Kier molecular flexibility index (Phi) is 4.09. The number of benzene rings is 1. The summed E-state index contributed by atoms with van der Waals surface area (Å²) in [5.74, 6) is 0.192. The number of hydrogen-bond acceptors (Lipinski definition) is 3. The van der Waals surface area contributed by atoms with Crippen molar-refractivity contribution in [1.82, 2.24) is 5.32 Å². The first kappa shape index (κ1) is 11.8. The van der Waals surface area contributed by atoms with Crippen molar-refractivity contribution in [2.45, 2.75) is 12.5 Å². The van der Waals surface area contributed by atoms with Gasteiger partial charge in [0, 0.05) is 17.4 Å². The van der Waals surface area contributed by atoms with E-state index in [0.29, 0.717) is 19.6 Å². The molecule has 4 heteroatoms. The van der Waals surface area contributed by atoms with Gasteiger partial charge in [-0.15, -0.1) is 0 Å². The van der Waals surface area contributed by atoms with Crippen LogP contribution in [0.4, 0.5) is 0 Å². The van der Waals surface area contributed by atoms with Gasteiger partial charge in [-0.1, -0.05) is 28.1 Å². The molecule has 1 heterocycles. The molecule has 0 amide bonds. The van der Waals surface area contributed by atoms with Crippen LogP contribution in [-0.2, 0) is 16.0 Å². The number of morpholine rings is 1. The minimum Gasteiger partial charge on any atom is -0.378 e. The molecule has 0 bridgehead atoms. The molecule has 0 spiro atoms. The summed E-state index contributed by atoms with van der Waals surface area (Å²) in [5, 5.41) is 3.17. The fourth-order valence-electron chi connectivity index (χ4n) is 1.74. The summed E-state index contributed by atoms with van der Waals surface area (Å²) in [4.78, 5) is 11.9. The van der Waals surface area contributed by atoms with Crippen LogP contribution in [0, 0.1) is 0 Å². The van der Waals surface area contributed by atoms with Gasteiger partial charge in [-0.25, -0.2) is 0 Å². The molecule has 0 aromatic heterocycles. The highest BCUT2D eigenvalue weighted by atomic mass is 79.9. The van der Waals surface area contributed by atoms with Crippen LogP contribution in [0.5, 0.6) is 0 Å². The topological polar surface area (TPSA) is 38.3 Å². The van der Waals surface area contributed by atoms with Crippen molar-refractivity contribution in [3.63, 3.8) is 0 Å². The largest absolute Gasteiger partial charge is 0.378 e. The van der Waals surface area contributed by atoms with Crippen LogP contribution < -0.4 is 5.32 Å². The summed E-state index contributed by atoms with van der Waals surface area (Å²) >= 11 is 3.40. The summed E-state index contributed by atoms with van der Waals surface area (Å²) in [5.41, 5.74) is 1.03. The van der Waals surface area contributed by atoms with Gasteiger partial charge in [0.2, 0.25) is 0 Å². The molecule has 1 aromatic rings. The SMILES string of the molecule is O=C(Cc1cccc(Br)c1)C1COCCN1. The smallest absolute Gasteiger partial charge is 0.156 e. The van der Waals surface area contributed by atoms with Crippen molar-refractivity contribution in [1.29, 1.82) is 0 Å². The van der Waals surface area contributed by atoms with E-state index in [-0.39, 0.29) is 11.8 Å². The fourth-order valence-corrected chi connectivity index (χ4v) is 2.19. The minimum absolute atomic E-state index is 0.146. The second-order valence-corrected chi connectivity index (χ2v) is 4.77. The van der Waals surface area contributed by atoms with Crippen molar-refractivity contribution in [3.05, 3.63) is 34.3 Å². The first-order valence-corrected chi connectivity index (χ1v) is 6.13. The van der Waals surface area contributed by atoms with E-state index in [2.05, 4.69) is 21.2 Å². The number of carbonyl (C=O) groups excluding carboxylic acids is 1. The van der Waals surface area contributed by atoms with Gasteiger partial charge in [0.15, 0.2) is 5.78 Å². The Labute approximate surface area is 103 Å². The molecule has 0 aliphatic carbocycles. The quantitative estimate of drug-likeness (QED) is 0.915. The van der Waals surface area contributed by atoms with Crippen LogP contribution in [0.3, 0.4) is 0 Å². The molecule has 1 aliphatic rings. The third-order valence-corrected chi connectivity index (χ3v) is 3.07. The molecule has 16 heavy (non-hydrogen) atoms. The van der Waals surface area contributed by atoms with E-state index in [1.165, 1.54) is 0 Å². The number of halogens is 1. The monoisotopic (exact) mass is 283 g/mol. The van der Waals surface area contributed by atoms with Gasteiger partial charge in [-0.2, -0.15) is 0 Å². The van der Waals surface area contributed by atoms with E-state index in [1.54, 1.807) is 0 Å². The number of Topliss-reactive ketones (excluding diaryl/α,β-unsaturated/α-hetero) is 1. The van der Waals surface area contributed by atoms with Crippen LogP contribution in [-0.4, -0.2) is 31.6 Å². The maximum Gasteiger partial charge on any atom is 0.156 e. The zero-order chi connectivity index (χ0) is 11.4. The molecule has 1 aromatic carbocycles. The Morgan fingerprint density at radius 2 is 2.44 bits per heavy atom. The lowest BCUT2D eigenvalue weighted by Gasteiger charge is -2.22. The van der Waals surface area contributed by atoms with Crippen LogP contribution in [0.1, 0.15) is 5.56 Å². The fraction of sp³-hybridized carbons (Fsp3) is 0.417. The Bertz CT molecular complexity index is 375. The molecule has 2 rings (SSSR count). The molecular weight excluding hydrogens is 270 g/mol. The molecule has 1 N–H and O–H groups in total. The van der Waals surface area contributed by atoms with Crippen LogP contribution in [0.25, 0.3) is 0 Å². The molecular formula is C12H14BrNO2. The lowest BCUT2D eigenvalue weighted by molar-refractivity contribution is -0.123. The van der Waals surface area contributed by atoms with Crippen LogP contribution >= 0.6 is 15.9 Å². The Hall–Kier alpha value is -0.710. The first-order chi connectivity index (χ1) is 7.75. The van der Waals surface area contributed by atoms with Crippen LogP contribution in [0.15, 0.2) is 28.7 Å². The predicted molar refractivity (Wildman–Crippen MR) is 65.5 cm³/mol. The lowest BCUT2D eigenvalue weighted by atomic mass is 10.0. The second-order valence-electron chi connectivity index (χ2n) is 3.85. The summed E-state index contributed by atoms with van der Waals surface area (Å²) in [7, 11) is 0. The Morgan fingerprint density at radius 1 is 1.56 bits per heavy atom. The average molecular weight is 284 g/mol. The number of rotatable bonds is 3. The number of ketones is 1. The van der Waals surface area contributed by atoms with Gasteiger partial charge in [0.1, 0.15) is 0 Å². The first-order valence-electron chi connectivity index (χ1n) is 5.34. The van der Waals surface area contributed by atoms with Gasteiger partial charge >= 0.3 is 0 Å². The maximum absolute atomic E-state index is 11.9. The zero-order valence-electron chi connectivity index (χ0n) is 8.91. The summed E-state index contributed by atoms with van der Waals surface area (Å²) in [6, 6.07) is 7.69. The number of carbonyl (C=O) groups is 1. The summed E-state index contributed by atoms with van der Waals surface area (Å²) in [6.07, 6.45) is 0.459. The Balaban J connectivity index is 1.96. The molecule has 86 valence electrons. The van der Waals surface area contributed by atoms with Crippen molar-refractivity contribution >= 4 is 21.7 Å². The van der Waals surface area contributed by atoms with Gasteiger partial charge in [0.25, 0.3) is 0 Å². The van der Waals surface area contributed by atoms with Gasteiger partial charge in [-0.3, -0.25) is 4.79 Å². The third kappa shape index (κ3) is 3.14. The molecule has 1 atom stereocenters. The molecule has 0 saturated carbocycles. The van der Waals surface area contributed by atoms with Gasteiger partial charge in [-0.05, 0) is 17.7 Å². The van der Waals surface area contributed by atoms with Crippen molar-refractivity contribution in [3.8, 4) is 0 Å². The third-order valence-electron chi connectivity index (χ3n) is 2.58. The van der Waals surface area contributed by atoms with E-state index in [9.17, 15) is 4.79 Å². The average Bonchev–Trinajstić information content (AvgIpc) is 2.30. The zero-order valence-corrected chi connectivity index (χ0v) is 10.5. The highest BCUT2D eigenvalue weighted by molar-refractivity contribution is 9.10. The number of ether oxygens (including phenoxy) is 1. The maximum atomic E-state index is 11.9. The predicted octanol–water partition coefficient (Wildman–Crippen LogP) is 1.55. The van der Waals surface area contributed by atoms with E-state index >= 15 is 0 Å². The number of hydrogen-bond donors (Lipinski definition) is 1. The summed E-state index contributed by atoms with van der Waals surface area (Å²) in [6.45, 7) is 1.95.